The number of nitrogens with two attached hydrogens (primary N) is 1. The fraction of sp³-hybridized carbons (Fsp3) is 0.560. The van der Waals surface area contributed by atoms with Crippen LogP contribution in [0.2, 0.25) is 0 Å². The van der Waals surface area contributed by atoms with Crippen molar-refractivity contribution in [1.82, 2.24) is 9.97 Å². The summed E-state index contributed by atoms with van der Waals surface area (Å²) >= 11 is 0. The smallest absolute Gasteiger partial charge is 0.238 e. The molecule has 1 saturated heterocycles. The standard InChI is InChI=1S/C25H31FN6O2/c26-16-1-6-20-21(11-16)32(23(34)25(20)8-9-25)13-15-12-28-24(31-10-7-17(27)14-31)30-22(15)29-18-2-4-19(33)5-3-18/h1,6,11-12,17-19,33H,2-5,7-10,13-14,27H2,(H,28,29,30)/t17?,18-,19-. The SMILES string of the molecule is NC1CCN(c2ncc(CN3C(=O)C4(CC4)c4ccc(F)cc43)c(N[C@H]3CC[C@H](O)CC3)n2)C1. The van der Waals surface area contributed by atoms with E-state index >= 15 is 0 Å². The maximum Gasteiger partial charge on any atom is 0.238 e. The monoisotopic (exact) mass is 466 g/mol. The first-order valence-corrected chi connectivity index (χ1v) is 12.4. The average Bonchev–Trinajstić information content (AvgIpc) is 3.47. The summed E-state index contributed by atoms with van der Waals surface area (Å²) in [6, 6.07) is 4.98. The van der Waals surface area contributed by atoms with Crippen LogP contribution >= 0.6 is 0 Å². The summed E-state index contributed by atoms with van der Waals surface area (Å²) in [4.78, 5) is 26.7. The molecule has 1 aromatic heterocycles. The van der Waals surface area contributed by atoms with Gasteiger partial charge in [0, 0.05) is 36.9 Å². The summed E-state index contributed by atoms with van der Waals surface area (Å²) in [6.45, 7) is 1.82. The van der Waals surface area contributed by atoms with Gasteiger partial charge in [-0.2, -0.15) is 4.98 Å². The van der Waals surface area contributed by atoms with Crippen LogP contribution in [0.3, 0.4) is 0 Å². The van der Waals surface area contributed by atoms with Crippen molar-refractivity contribution < 1.29 is 14.3 Å². The molecular weight excluding hydrogens is 435 g/mol. The van der Waals surface area contributed by atoms with Crippen LogP contribution in [0.25, 0.3) is 0 Å². The zero-order valence-corrected chi connectivity index (χ0v) is 19.2. The van der Waals surface area contributed by atoms with E-state index in [0.29, 0.717) is 24.0 Å². The Morgan fingerprint density at radius 3 is 2.71 bits per heavy atom. The number of anilines is 3. The van der Waals surface area contributed by atoms with Crippen molar-refractivity contribution in [2.24, 2.45) is 5.73 Å². The van der Waals surface area contributed by atoms with Crippen LogP contribution in [0, 0.1) is 5.82 Å². The topological polar surface area (TPSA) is 108 Å². The molecule has 1 aromatic carbocycles. The van der Waals surface area contributed by atoms with Gasteiger partial charge in [-0.3, -0.25) is 4.79 Å². The molecule has 1 spiro atoms. The van der Waals surface area contributed by atoms with E-state index in [9.17, 15) is 14.3 Å². The quantitative estimate of drug-likeness (QED) is 0.621. The van der Waals surface area contributed by atoms with Gasteiger partial charge in [0.05, 0.1) is 23.8 Å². The number of aliphatic hydroxyl groups is 1. The normalized spacial score (nSPS) is 27.4. The highest BCUT2D eigenvalue weighted by Crippen LogP contribution is 2.57. The van der Waals surface area contributed by atoms with E-state index in [0.717, 1.165) is 62.6 Å². The zero-order chi connectivity index (χ0) is 23.4. The Morgan fingerprint density at radius 2 is 2.00 bits per heavy atom. The van der Waals surface area contributed by atoms with Crippen LogP contribution in [-0.4, -0.2) is 52.3 Å². The predicted octanol–water partition coefficient (Wildman–Crippen LogP) is 2.45. The van der Waals surface area contributed by atoms with Gasteiger partial charge in [-0.05, 0) is 62.6 Å². The first kappa shape index (κ1) is 21.7. The van der Waals surface area contributed by atoms with Crippen LogP contribution < -0.4 is 20.9 Å². The molecular formula is C25H31FN6O2. The van der Waals surface area contributed by atoms with Gasteiger partial charge in [-0.1, -0.05) is 6.07 Å². The molecule has 8 nitrogen and oxygen atoms in total. The molecule has 4 aliphatic rings. The van der Waals surface area contributed by atoms with Gasteiger partial charge in [0.1, 0.15) is 11.6 Å². The van der Waals surface area contributed by atoms with Gasteiger partial charge in [0.25, 0.3) is 0 Å². The molecule has 9 heteroatoms. The van der Waals surface area contributed by atoms with Crippen molar-refractivity contribution in [3.05, 3.63) is 41.3 Å². The maximum absolute atomic E-state index is 14.1. The maximum atomic E-state index is 14.1. The van der Waals surface area contributed by atoms with Crippen LogP contribution in [0.5, 0.6) is 0 Å². The Labute approximate surface area is 198 Å². The number of rotatable bonds is 5. The van der Waals surface area contributed by atoms with Crippen LogP contribution in [0.4, 0.5) is 21.8 Å². The molecule has 2 aromatic rings. The number of hydrogen-bond acceptors (Lipinski definition) is 7. The second kappa shape index (κ2) is 8.16. The summed E-state index contributed by atoms with van der Waals surface area (Å²) in [5.41, 5.74) is 8.00. The van der Waals surface area contributed by atoms with Crippen molar-refractivity contribution >= 4 is 23.4 Å². The fourth-order valence-corrected chi connectivity index (χ4v) is 5.72. The summed E-state index contributed by atoms with van der Waals surface area (Å²) in [7, 11) is 0. The van der Waals surface area contributed by atoms with Crippen molar-refractivity contribution in [3.63, 3.8) is 0 Å². The van der Waals surface area contributed by atoms with E-state index in [4.69, 9.17) is 10.7 Å². The van der Waals surface area contributed by atoms with Crippen molar-refractivity contribution in [2.75, 3.05) is 28.2 Å². The molecule has 34 heavy (non-hydrogen) atoms. The third-order valence-corrected chi connectivity index (χ3v) is 7.90. The molecule has 0 bridgehead atoms. The lowest BCUT2D eigenvalue weighted by Gasteiger charge is -2.28. The Bertz CT molecular complexity index is 1110. The summed E-state index contributed by atoms with van der Waals surface area (Å²) in [5.74, 6) is 1.03. The predicted molar refractivity (Wildman–Crippen MR) is 127 cm³/mol. The highest BCUT2D eigenvalue weighted by molar-refractivity contribution is 6.10. The zero-order valence-electron chi connectivity index (χ0n) is 19.2. The average molecular weight is 467 g/mol. The molecule has 3 heterocycles. The lowest BCUT2D eigenvalue weighted by molar-refractivity contribution is -0.120. The number of amides is 1. The van der Waals surface area contributed by atoms with Gasteiger partial charge < -0.3 is 26.0 Å². The highest BCUT2D eigenvalue weighted by Gasteiger charge is 2.59. The number of aromatic nitrogens is 2. The molecule has 2 aliphatic heterocycles. The van der Waals surface area contributed by atoms with Crippen LogP contribution in [0.1, 0.15) is 56.1 Å². The first-order valence-electron chi connectivity index (χ1n) is 12.4. The summed E-state index contributed by atoms with van der Waals surface area (Å²) in [5, 5.41) is 13.5. The highest BCUT2D eigenvalue weighted by atomic mass is 19.1. The number of fused-ring (bicyclic) bond motifs is 2. The van der Waals surface area contributed by atoms with Gasteiger partial charge in [-0.15, -0.1) is 0 Å². The second-order valence-electron chi connectivity index (χ2n) is 10.3. The first-order chi connectivity index (χ1) is 16.4. The van der Waals surface area contributed by atoms with Crippen molar-refractivity contribution in [2.45, 2.75) is 75.1 Å². The molecule has 4 N–H and O–H groups in total. The molecule has 1 atom stereocenters. The Kier molecular flexibility index (Phi) is 5.22. The number of benzene rings is 1. The van der Waals surface area contributed by atoms with Crippen LogP contribution in [0.15, 0.2) is 24.4 Å². The molecule has 1 amide bonds. The van der Waals surface area contributed by atoms with Gasteiger partial charge >= 0.3 is 0 Å². The Balaban J connectivity index is 1.32. The number of aliphatic hydroxyl groups excluding tert-OH is 1. The molecule has 1 unspecified atom stereocenters. The Morgan fingerprint density at radius 1 is 1.21 bits per heavy atom. The van der Waals surface area contributed by atoms with Crippen LogP contribution in [-0.2, 0) is 16.8 Å². The molecule has 0 radical (unpaired) electrons. The molecule has 6 rings (SSSR count). The minimum Gasteiger partial charge on any atom is -0.393 e. The summed E-state index contributed by atoms with van der Waals surface area (Å²) < 4.78 is 14.1. The van der Waals surface area contributed by atoms with Crippen molar-refractivity contribution in [3.8, 4) is 0 Å². The third-order valence-electron chi connectivity index (χ3n) is 7.90. The van der Waals surface area contributed by atoms with E-state index in [2.05, 4.69) is 15.2 Å². The van der Waals surface area contributed by atoms with E-state index in [1.807, 2.05) is 0 Å². The van der Waals surface area contributed by atoms with E-state index in [-0.39, 0.29) is 36.5 Å². The molecule has 180 valence electrons. The Hall–Kier alpha value is -2.78. The fourth-order valence-electron chi connectivity index (χ4n) is 5.72. The lowest BCUT2D eigenvalue weighted by Crippen LogP contribution is -2.33. The largest absolute Gasteiger partial charge is 0.393 e. The van der Waals surface area contributed by atoms with E-state index in [1.54, 1.807) is 17.2 Å². The minimum absolute atomic E-state index is 0.0365. The summed E-state index contributed by atoms with van der Waals surface area (Å²) in [6.07, 6.45) is 7.28. The van der Waals surface area contributed by atoms with Gasteiger partial charge in [0.2, 0.25) is 11.9 Å². The number of carbonyl (C=O) groups is 1. The van der Waals surface area contributed by atoms with Gasteiger partial charge in [0.15, 0.2) is 0 Å². The van der Waals surface area contributed by atoms with Crippen molar-refractivity contribution in [1.29, 1.82) is 0 Å². The number of nitrogens with one attached hydrogen (secondary N) is 1. The number of carbonyl (C=O) groups excluding carboxylic acids is 1. The van der Waals surface area contributed by atoms with E-state index < -0.39 is 5.41 Å². The van der Waals surface area contributed by atoms with Gasteiger partial charge in [-0.25, -0.2) is 9.37 Å². The number of nitrogens with zero attached hydrogens (tertiary/aromatic N) is 4. The molecule has 2 aliphatic carbocycles. The minimum atomic E-state index is -0.484. The van der Waals surface area contributed by atoms with E-state index in [1.165, 1.54) is 12.1 Å². The second-order valence-corrected chi connectivity index (χ2v) is 10.3. The number of hydrogen-bond donors (Lipinski definition) is 3. The lowest BCUT2D eigenvalue weighted by atomic mass is 9.93. The number of halogens is 1. The molecule has 2 saturated carbocycles. The third kappa shape index (κ3) is 3.71. The molecule has 3 fully saturated rings.